The van der Waals surface area contributed by atoms with Crippen LogP contribution in [0.4, 0.5) is 5.69 Å². The van der Waals surface area contributed by atoms with Crippen LogP contribution in [0.1, 0.15) is 28.5 Å². The zero-order valence-electron chi connectivity index (χ0n) is 16.2. The lowest BCUT2D eigenvalue weighted by molar-refractivity contribution is -0.121. The summed E-state index contributed by atoms with van der Waals surface area (Å²) < 4.78 is 0. The Bertz CT molecular complexity index is 726. The molecule has 0 aliphatic carbocycles. The third kappa shape index (κ3) is 4.53. The van der Waals surface area contributed by atoms with Gasteiger partial charge in [-0.05, 0) is 50.3 Å². The van der Waals surface area contributed by atoms with Gasteiger partial charge in [0, 0.05) is 43.3 Å². The van der Waals surface area contributed by atoms with Crippen molar-refractivity contribution in [1.82, 2.24) is 9.80 Å². The number of hydrogen-bond acceptors (Lipinski definition) is 4. The Morgan fingerprint density at radius 1 is 1.15 bits per heavy atom. The fourth-order valence-corrected chi connectivity index (χ4v) is 4.45. The second kappa shape index (κ2) is 8.33. The highest BCUT2D eigenvalue weighted by atomic mass is 32.1. The van der Waals surface area contributed by atoms with Crippen molar-refractivity contribution in [3.05, 3.63) is 51.2 Å². The highest BCUT2D eigenvalue weighted by Crippen LogP contribution is 2.22. The van der Waals surface area contributed by atoms with Crippen molar-refractivity contribution < 1.29 is 4.79 Å². The molecule has 26 heavy (non-hydrogen) atoms. The maximum atomic E-state index is 12.8. The van der Waals surface area contributed by atoms with Gasteiger partial charge in [-0.2, -0.15) is 0 Å². The first-order valence-electron chi connectivity index (χ1n) is 9.31. The number of carbonyl (C=O) groups excluding carboxylic acids is 1. The molecule has 1 aromatic carbocycles. The Kier molecular flexibility index (Phi) is 6.12. The highest BCUT2D eigenvalue weighted by molar-refractivity contribution is 7.09. The second-order valence-electron chi connectivity index (χ2n) is 7.33. The molecule has 2 heterocycles. The van der Waals surface area contributed by atoms with Crippen molar-refractivity contribution in [3.63, 3.8) is 0 Å². The number of aryl methyl sites for hydroxylation is 3. The molecule has 0 saturated carbocycles. The van der Waals surface area contributed by atoms with Gasteiger partial charge in [0.25, 0.3) is 0 Å². The summed E-state index contributed by atoms with van der Waals surface area (Å²) in [5.41, 5.74) is 4.45. The summed E-state index contributed by atoms with van der Waals surface area (Å²) >= 11 is 1.81. The van der Waals surface area contributed by atoms with Crippen LogP contribution in [0.3, 0.4) is 0 Å². The molecule has 1 atom stereocenters. The van der Waals surface area contributed by atoms with E-state index in [-0.39, 0.29) is 11.9 Å². The van der Waals surface area contributed by atoms with Crippen LogP contribution in [-0.2, 0) is 11.3 Å². The molecule has 1 saturated heterocycles. The monoisotopic (exact) mass is 371 g/mol. The molecule has 0 spiro atoms. The van der Waals surface area contributed by atoms with Crippen LogP contribution in [0.2, 0.25) is 0 Å². The Labute approximate surface area is 160 Å². The number of benzene rings is 1. The van der Waals surface area contributed by atoms with Crippen molar-refractivity contribution in [3.8, 4) is 0 Å². The van der Waals surface area contributed by atoms with Crippen LogP contribution < -0.4 is 5.32 Å². The highest BCUT2D eigenvalue weighted by Gasteiger charge is 2.26. The maximum Gasteiger partial charge on any atom is 0.241 e. The summed E-state index contributed by atoms with van der Waals surface area (Å²) in [4.78, 5) is 19.0. The number of thiophene rings is 1. The van der Waals surface area contributed by atoms with Gasteiger partial charge in [-0.3, -0.25) is 14.6 Å². The van der Waals surface area contributed by atoms with Gasteiger partial charge in [0.05, 0.1) is 6.04 Å². The molecule has 1 unspecified atom stereocenters. The van der Waals surface area contributed by atoms with E-state index in [1.165, 1.54) is 10.4 Å². The molecule has 1 aliphatic heterocycles. The molecule has 0 bridgehead atoms. The normalized spacial score (nSPS) is 17.2. The number of hydrogen-bond donors (Lipinski definition) is 1. The van der Waals surface area contributed by atoms with Gasteiger partial charge in [-0.1, -0.05) is 23.8 Å². The largest absolute Gasteiger partial charge is 0.324 e. The molecule has 1 amide bonds. The SMILES string of the molecule is Cc1cc(C)c(NC(=O)C(C)N2CCN(Cc3cccs3)CC2)c(C)c1. The van der Waals surface area contributed by atoms with Gasteiger partial charge < -0.3 is 5.32 Å². The molecule has 5 heteroatoms. The Hall–Kier alpha value is -1.69. The Morgan fingerprint density at radius 3 is 2.38 bits per heavy atom. The zero-order chi connectivity index (χ0) is 18.7. The summed E-state index contributed by atoms with van der Waals surface area (Å²) in [5, 5.41) is 5.29. The summed E-state index contributed by atoms with van der Waals surface area (Å²) in [7, 11) is 0. The topological polar surface area (TPSA) is 35.6 Å². The lowest BCUT2D eigenvalue weighted by Gasteiger charge is -2.37. The van der Waals surface area contributed by atoms with Crippen molar-refractivity contribution >= 4 is 22.9 Å². The third-order valence-corrected chi connectivity index (χ3v) is 6.08. The van der Waals surface area contributed by atoms with Crippen LogP contribution >= 0.6 is 11.3 Å². The molecule has 2 aromatic rings. The van der Waals surface area contributed by atoms with Crippen LogP contribution in [0, 0.1) is 20.8 Å². The van der Waals surface area contributed by atoms with Crippen LogP contribution in [0.15, 0.2) is 29.6 Å². The van der Waals surface area contributed by atoms with Gasteiger partial charge in [-0.15, -0.1) is 11.3 Å². The molecule has 1 N–H and O–H groups in total. The minimum atomic E-state index is -0.112. The molecule has 1 aliphatic rings. The number of anilines is 1. The molecule has 4 nitrogen and oxygen atoms in total. The summed E-state index contributed by atoms with van der Waals surface area (Å²) in [6, 6.07) is 8.43. The molecule has 140 valence electrons. The predicted molar refractivity (Wildman–Crippen MR) is 110 cm³/mol. The quantitative estimate of drug-likeness (QED) is 0.868. The lowest BCUT2D eigenvalue weighted by Crippen LogP contribution is -2.52. The van der Waals surface area contributed by atoms with Gasteiger partial charge in [0.2, 0.25) is 5.91 Å². The van der Waals surface area contributed by atoms with E-state index < -0.39 is 0 Å². The fraction of sp³-hybridized carbons (Fsp3) is 0.476. The molecule has 1 aromatic heterocycles. The molecular formula is C21H29N3OS. The third-order valence-electron chi connectivity index (χ3n) is 5.22. The standard InChI is InChI=1S/C21H29N3OS/c1-15-12-16(2)20(17(3)13-15)22-21(25)18(4)24-9-7-23(8-10-24)14-19-6-5-11-26-19/h5-6,11-13,18H,7-10,14H2,1-4H3,(H,22,25). The van der Waals surface area contributed by atoms with Crippen molar-refractivity contribution in [1.29, 1.82) is 0 Å². The number of piperazine rings is 1. The van der Waals surface area contributed by atoms with E-state index in [1.807, 2.05) is 18.3 Å². The molecular weight excluding hydrogens is 342 g/mol. The lowest BCUT2D eigenvalue weighted by atomic mass is 10.0. The van der Waals surface area contributed by atoms with Crippen molar-refractivity contribution in [2.75, 3.05) is 31.5 Å². The van der Waals surface area contributed by atoms with E-state index in [2.05, 4.69) is 65.5 Å². The Morgan fingerprint density at radius 2 is 1.81 bits per heavy atom. The van der Waals surface area contributed by atoms with E-state index >= 15 is 0 Å². The summed E-state index contributed by atoms with van der Waals surface area (Å²) in [6.45, 7) is 13.1. The number of nitrogens with zero attached hydrogens (tertiary/aromatic N) is 2. The number of rotatable bonds is 5. The average Bonchev–Trinajstić information content (AvgIpc) is 3.11. The Balaban J connectivity index is 1.55. The minimum Gasteiger partial charge on any atom is -0.324 e. The molecule has 0 radical (unpaired) electrons. The van der Waals surface area contributed by atoms with E-state index in [0.717, 1.165) is 49.5 Å². The first-order chi connectivity index (χ1) is 12.4. The number of carbonyl (C=O) groups is 1. The zero-order valence-corrected chi connectivity index (χ0v) is 17.0. The van der Waals surface area contributed by atoms with Crippen LogP contribution in [-0.4, -0.2) is 47.9 Å². The molecule has 1 fully saturated rings. The smallest absolute Gasteiger partial charge is 0.241 e. The fourth-order valence-electron chi connectivity index (χ4n) is 3.70. The van der Waals surface area contributed by atoms with Crippen LogP contribution in [0.5, 0.6) is 0 Å². The van der Waals surface area contributed by atoms with Crippen LogP contribution in [0.25, 0.3) is 0 Å². The van der Waals surface area contributed by atoms with Gasteiger partial charge in [0.1, 0.15) is 0 Å². The molecule has 3 rings (SSSR count). The van der Waals surface area contributed by atoms with E-state index in [4.69, 9.17) is 0 Å². The summed E-state index contributed by atoms with van der Waals surface area (Å²) in [5.74, 6) is 0.0896. The van der Waals surface area contributed by atoms with Gasteiger partial charge in [-0.25, -0.2) is 0 Å². The van der Waals surface area contributed by atoms with Gasteiger partial charge >= 0.3 is 0 Å². The maximum absolute atomic E-state index is 12.8. The predicted octanol–water partition coefficient (Wildman–Crippen LogP) is 3.82. The number of nitrogens with one attached hydrogen (secondary N) is 1. The van der Waals surface area contributed by atoms with E-state index in [0.29, 0.717) is 0 Å². The number of amides is 1. The van der Waals surface area contributed by atoms with Crippen molar-refractivity contribution in [2.24, 2.45) is 0 Å². The van der Waals surface area contributed by atoms with E-state index in [1.54, 1.807) is 0 Å². The summed E-state index contributed by atoms with van der Waals surface area (Å²) in [6.07, 6.45) is 0. The minimum absolute atomic E-state index is 0.0896. The average molecular weight is 372 g/mol. The second-order valence-corrected chi connectivity index (χ2v) is 8.36. The first-order valence-corrected chi connectivity index (χ1v) is 10.2. The van der Waals surface area contributed by atoms with Gasteiger partial charge in [0.15, 0.2) is 0 Å². The van der Waals surface area contributed by atoms with Crippen molar-refractivity contribution in [2.45, 2.75) is 40.3 Å². The first kappa shape index (κ1) is 19.1. The van der Waals surface area contributed by atoms with E-state index in [9.17, 15) is 4.79 Å².